The number of rotatable bonds is 1. The highest BCUT2D eigenvalue weighted by Crippen LogP contribution is 2.53. The van der Waals surface area contributed by atoms with Crippen LogP contribution in [0.5, 0.6) is 0 Å². The fourth-order valence-electron chi connectivity index (χ4n) is 4.92. The van der Waals surface area contributed by atoms with Crippen LogP contribution in [-0.2, 0) is 23.7 Å². The van der Waals surface area contributed by atoms with Gasteiger partial charge in [0.25, 0.3) is 5.89 Å². The molecule has 7 heteroatoms. The van der Waals surface area contributed by atoms with Gasteiger partial charge in [-0.3, -0.25) is 9.48 Å². The predicted molar refractivity (Wildman–Crippen MR) is 88.3 cm³/mol. The highest BCUT2D eigenvalue weighted by Gasteiger charge is 2.53. The molecule has 4 atom stereocenters. The maximum absolute atomic E-state index is 12.5. The van der Waals surface area contributed by atoms with Crippen LogP contribution < -0.4 is 0 Å². The molecule has 2 aromatic rings. The van der Waals surface area contributed by atoms with Crippen LogP contribution in [0, 0.1) is 36.0 Å². The number of Topliss-reactive ketones (excluding diaryl/α,β-unsaturated/α-hetero) is 1. The van der Waals surface area contributed by atoms with E-state index < -0.39 is 5.92 Å². The molecule has 1 fully saturated rings. The molecule has 0 radical (unpaired) electrons. The second kappa shape index (κ2) is 5.25. The van der Waals surface area contributed by atoms with E-state index in [1.807, 2.05) is 14.0 Å². The van der Waals surface area contributed by atoms with Gasteiger partial charge in [0.2, 0.25) is 5.89 Å². The lowest BCUT2D eigenvalue weighted by Gasteiger charge is -2.48. The fourth-order valence-corrected chi connectivity index (χ4v) is 4.92. The molecule has 1 unspecified atom stereocenters. The molecule has 0 aliphatic heterocycles. The zero-order valence-electron chi connectivity index (χ0n) is 14.9. The molecule has 2 aliphatic rings. The van der Waals surface area contributed by atoms with Crippen molar-refractivity contribution >= 4 is 5.78 Å². The van der Waals surface area contributed by atoms with E-state index >= 15 is 0 Å². The van der Waals surface area contributed by atoms with Crippen molar-refractivity contribution in [2.45, 2.75) is 45.4 Å². The molecule has 2 heterocycles. The molecule has 2 aromatic heterocycles. The number of carbonyl (C=O) groups excluding carboxylic acids is 1. The zero-order valence-corrected chi connectivity index (χ0v) is 14.9. The summed E-state index contributed by atoms with van der Waals surface area (Å²) < 4.78 is 7.43. The summed E-state index contributed by atoms with van der Waals surface area (Å²) >= 11 is 0. The highest BCUT2D eigenvalue weighted by atomic mass is 16.4. The summed E-state index contributed by atoms with van der Waals surface area (Å²) in [6.45, 7) is 5.88. The van der Waals surface area contributed by atoms with Gasteiger partial charge in [-0.2, -0.15) is 10.4 Å². The number of ketones is 1. The third-order valence-corrected chi connectivity index (χ3v) is 6.12. The first-order valence-electron chi connectivity index (χ1n) is 8.67. The van der Waals surface area contributed by atoms with Gasteiger partial charge >= 0.3 is 0 Å². The van der Waals surface area contributed by atoms with Gasteiger partial charge in [0, 0.05) is 30.9 Å². The van der Waals surface area contributed by atoms with E-state index in [4.69, 9.17) is 9.52 Å². The average Bonchev–Trinajstić information content (AvgIpc) is 3.14. The Kier molecular flexibility index (Phi) is 3.36. The molecule has 0 saturated heterocycles. The van der Waals surface area contributed by atoms with Crippen LogP contribution in [-0.4, -0.2) is 25.8 Å². The first-order valence-corrected chi connectivity index (χ1v) is 8.67. The van der Waals surface area contributed by atoms with Gasteiger partial charge < -0.3 is 4.42 Å². The summed E-state index contributed by atoms with van der Waals surface area (Å²) in [4.78, 5) is 12.5. The Morgan fingerprint density at radius 3 is 2.80 bits per heavy atom. The van der Waals surface area contributed by atoms with Gasteiger partial charge in [-0.05, 0) is 25.2 Å². The Labute approximate surface area is 146 Å². The number of hydrogen-bond donors (Lipinski definition) is 0. The number of hydrogen-bond acceptors (Lipinski definition) is 6. The van der Waals surface area contributed by atoms with E-state index in [0.29, 0.717) is 18.2 Å². The Bertz CT molecular complexity index is 905. The molecule has 0 aromatic carbocycles. The maximum Gasteiger partial charge on any atom is 0.266 e. The minimum absolute atomic E-state index is 0.0807. The number of carbonyl (C=O) groups is 1. The van der Waals surface area contributed by atoms with Crippen molar-refractivity contribution in [1.29, 1.82) is 5.26 Å². The van der Waals surface area contributed by atoms with Crippen LogP contribution >= 0.6 is 0 Å². The largest absolute Gasteiger partial charge is 0.420 e. The van der Waals surface area contributed by atoms with E-state index in [9.17, 15) is 10.1 Å². The molecule has 0 amide bonds. The minimum Gasteiger partial charge on any atom is -0.420 e. The minimum atomic E-state index is -0.557. The molecule has 1 saturated carbocycles. The molecule has 0 spiro atoms. The van der Waals surface area contributed by atoms with Gasteiger partial charge in [-0.25, -0.2) is 0 Å². The Morgan fingerprint density at radius 2 is 2.16 bits per heavy atom. The molecule has 130 valence electrons. The predicted octanol–water partition coefficient (Wildman–Crippen LogP) is 2.35. The van der Waals surface area contributed by atoms with E-state index in [-0.39, 0.29) is 23.0 Å². The summed E-state index contributed by atoms with van der Waals surface area (Å²) in [5, 5.41) is 22.3. The maximum atomic E-state index is 12.5. The standard InChI is InChI=1S/C18H21N5O2/c1-9-13-6-5-12-14(17-21-20-10(2)25-17)23(4)22-16(12)18(13,3)7-11(8-19)15(9)24/h9,11,13H,5-7H2,1-4H3/t9-,11?,13-,18-/m0/s1. The van der Waals surface area contributed by atoms with E-state index in [1.165, 1.54) is 0 Å². The van der Waals surface area contributed by atoms with Crippen molar-refractivity contribution in [2.24, 2.45) is 24.8 Å². The van der Waals surface area contributed by atoms with Crippen molar-refractivity contribution in [3.8, 4) is 17.7 Å². The van der Waals surface area contributed by atoms with Crippen molar-refractivity contribution in [3.05, 3.63) is 17.1 Å². The molecule has 4 rings (SSSR count). The molecule has 2 aliphatic carbocycles. The van der Waals surface area contributed by atoms with Gasteiger partial charge in [-0.1, -0.05) is 13.8 Å². The molecule has 7 nitrogen and oxygen atoms in total. The third-order valence-electron chi connectivity index (χ3n) is 6.12. The van der Waals surface area contributed by atoms with Crippen LogP contribution in [0.2, 0.25) is 0 Å². The summed E-state index contributed by atoms with van der Waals surface area (Å²) in [6, 6.07) is 2.20. The molecule has 25 heavy (non-hydrogen) atoms. The van der Waals surface area contributed by atoms with Gasteiger partial charge in [-0.15, -0.1) is 10.2 Å². The van der Waals surface area contributed by atoms with Crippen LogP contribution in [0.4, 0.5) is 0 Å². The quantitative estimate of drug-likeness (QED) is 0.791. The highest BCUT2D eigenvalue weighted by molar-refractivity contribution is 5.87. The first-order chi connectivity index (χ1) is 11.9. The number of aryl methyl sites for hydroxylation is 2. The number of aromatic nitrogens is 4. The van der Waals surface area contributed by atoms with E-state index in [0.717, 1.165) is 29.8 Å². The lowest BCUT2D eigenvalue weighted by molar-refractivity contribution is -0.132. The van der Waals surface area contributed by atoms with Crippen molar-refractivity contribution in [1.82, 2.24) is 20.0 Å². The van der Waals surface area contributed by atoms with E-state index in [1.54, 1.807) is 11.6 Å². The van der Waals surface area contributed by atoms with Crippen molar-refractivity contribution < 1.29 is 9.21 Å². The third kappa shape index (κ3) is 2.10. The molecule has 0 N–H and O–H groups in total. The van der Waals surface area contributed by atoms with Gasteiger partial charge in [0.15, 0.2) is 5.78 Å². The van der Waals surface area contributed by atoms with E-state index in [2.05, 4.69) is 23.2 Å². The average molecular weight is 339 g/mol. The molecular formula is C18H21N5O2. The Hall–Kier alpha value is -2.49. The number of nitriles is 1. The topological polar surface area (TPSA) is 97.6 Å². The lowest BCUT2D eigenvalue weighted by atomic mass is 9.54. The SMILES string of the molecule is Cc1nnc(-c2c3c(nn2C)[C@@]2(C)CC(C#N)C(=O)[C@@H](C)[C@@H]2CC3)o1. The summed E-state index contributed by atoms with van der Waals surface area (Å²) in [5.41, 5.74) is 2.67. The van der Waals surface area contributed by atoms with Crippen LogP contribution in [0.3, 0.4) is 0 Å². The summed E-state index contributed by atoms with van der Waals surface area (Å²) in [5.74, 6) is 0.617. The van der Waals surface area contributed by atoms with Crippen LogP contribution in [0.1, 0.15) is 43.8 Å². The number of fused-ring (bicyclic) bond motifs is 3. The van der Waals surface area contributed by atoms with Gasteiger partial charge in [0.1, 0.15) is 11.6 Å². The van der Waals surface area contributed by atoms with Crippen molar-refractivity contribution in [2.75, 3.05) is 0 Å². The Balaban J connectivity index is 1.87. The normalized spacial score (nSPS) is 31.3. The summed E-state index contributed by atoms with van der Waals surface area (Å²) in [6.07, 6.45) is 2.26. The smallest absolute Gasteiger partial charge is 0.266 e. The Morgan fingerprint density at radius 1 is 1.40 bits per heavy atom. The summed E-state index contributed by atoms with van der Waals surface area (Å²) in [7, 11) is 1.88. The van der Waals surface area contributed by atoms with Crippen LogP contribution in [0.15, 0.2) is 4.42 Å². The number of nitrogens with zero attached hydrogens (tertiary/aromatic N) is 5. The van der Waals surface area contributed by atoms with Gasteiger partial charge in [0.05, 0.1) is 11.8 Å². The zero-order chi connectivity index (χ0) is 17.9. The second-order valence-electron chi connectivity index (χ2n) is 7.57. The van der Waals surface area contributed by atoms with Crippen molar-refractivity contribution in [3.63, 3.8) is 0 Å². The lowest BCUT2D eigenvalue weighted by Crippen LogP contribution is -2.50. The molecule has 0 bridgehead atoms. The monoisotopic (exact) mass is 339 g/mol. The van der Waals surface area contributed by atoms with Crippen LogP contribution in [0.25, 0.3) is 11.6 Å². The molecular weight excluding hydrogens is 318 g/mol. The fraction of sp³-hybridized carbons (Fsp3) is 0.611. The second-order valence-corrected chi connectivity index (χ2v) is 7.57. The first kappa shape index (κ1) is 16.0.